The van der Waals surface area contributed by atoms with E-state index in [2.05, 4.69) is 15.7 Å². The van der Waals surface area contributed by atoms with Crippen LogP contribution in [0.25, 0.3) is 0 Å². The van der Waals surface area contributed by atoms with Crippen LogP contribution in [0.1, 0.15) is 55.1 Å². The largest absolute Gasteiger partial charge is 0.480 e. The van der Waals surface area contributed by atoms with Gasteiger partial charge < -0.3 is 15.7 Å². The summed E-state index contributed by atoms with van der Waals surface area (Å²) in [6.07, 6.45) is 3.91. The zero-order chi connectivity index (χ0) is 17.9. The van der Waals surface area contributed by atoms with E-state index in [9.17, 15) is 14.4 Å². The van der Waals surface area contributed by atoms with Gasteiger partial charge in [0.15, 0.2) is 0 Å². The number of nitrogens with one attached hydrogen (secondary N) is 2. The summed E-state index contributed by atoms with van der Waals surface area (Å²) in [5, 5.41) is 18.2. The van der Waals surface area contributed by atoms with Gasteiger partial charge in [-0.15, -0.1) is 0 Å². The number of aryl methyl sites for hydroxylation is 1. The predicted octanol–water partition coefficient (Wildman–Crippen LogP) is 0.643. The van der Waals surface area contributed by atoms with Crippen molar-refractivity contribution >= 4 is 17.8 Å². The standard InChI is InChI=1S/C16H24N4O4/c1-9(2)6-12(16(23)24)19-13(21)8-17-15(22)11-7-18-20(3)14(11)10-4-5-10/h7,9-10,12H,4-6,8H2,1-3H3,(H,17,22)(H,19,21)(H,23,24)/t12-/m0/s1. The van der Waals surface area contributed by atoms with Gasteiger partial charge in [-0.1, -0.05) is 13.8 Å². The van der Waals surface area contributed by atoms with Crippen LogP contribution in [0.3, 0.4) is 0 Å². The van der Waals surface area contributed by atoms with Gasteiger partial charge >= 0.3 is 5.97 Å². The molecule has 8 heteroatoms. The highest BCUT2D eigenvalue weighted by Gasteiger charge is 2.31. The number of hydrogen-bond acceptors (Lipinski definition) is 4. The number of carboxylic acid groups (broad SMARTS) is 1. The molecule has 2 amide bonds. The lowest BCUT2D eigenvalue weighted by atomic mass is 10.0. The van der Waals surface area contributed by atoms with Crippen molar-refractivity contribution in [1.29, 1.82) is 0 Å². The minimum atomic E-state index is -1.08. The number of carbonyl (C=O) groups excluding carboxylic acids is 2. The zero-order valence-corrected chi connectivity index (χ0v) is 14.2. The van der Waals surface area contributed by atoms with Crippen molar-refractivity contribution in [2.45, 2.75) is 45.1 Å². The molecule has 1 heterocycles. The minimum absolute atomic E-state index is 0.137. The number of rotatable bonds is 8. The van der Waals surface area contributed by atoms with Crippen LogP contribution in [0.2, 0.25) is 0 Å². The summed E-state index contributed by atoms with van der Waals surface area (Å²) in [6.45, 7) is 3.50. The molecule has 1 aromatic heterocycles. The molecule has 1 atom stereocenters. The molecular weight excluding hydrogens is 312 g/mol. The maximum absolute atomic E-state index is 12.3. The summed E-state index contributed by atoms with van der Waals surface area (Å²) in [7, 11) is 1.79. The second kappa shape index (κ2) is 7.46. The van der Waals surface area contributed by atoms with E-state index >= 15 is 0 Å². The summed E-state index contributed by atoms with van der Waals surface area (Å²) in [6, 6.07) is -0.949. The molecule has 1 saturated carbocycles. The fraction of sp³-hybridized carbons (Fsp3) is 0.625. The Balaban J connectivity index is 1.89. The van der Waals surface area contributed by atoms with Crippen molar-refractivity contribution in [3.8, 4) is 0 Å². The Morgan fingerprint density at radius 3 is 2.58 bits per heavy atom. The fourth-order valence-electron chi connectivity index (χ4n) is 2.66. The van der Waals surface area contributed by atoms with Crippen LogP contribution in [0.5, 0.6) is 0 Å². The third-order valence-electron chi connectivity index (χ3n) is 3.94. The zero-order valence-electron chi connectivity index (χ0n) is 14.2. The van der Waals surface area contributed by atoms with Gasteiger partial charge in [0.25, 0.3) is 5.91 Å². The average Bonchev–Trinajstić information content (AvgIpc) is 3.26. The molecule has 1 aromatic rings. The highest BCUT2D eigenvalue weighted by molar-refractivity contribution is 5.97. The van der Waals surface area contributed by atoms with Crippen LogP contribution in [-0.2, 0) is 16.6 Å². The van der Waals surface area contributed by atoms with Gasteiger partial charge in [-0.3, -0.25) is 14.3 Å². The third-order valence-corrected chi connectivity index (χ3v) is 3.94. The first-order valence-corrected chi connectivity index (χ1v) is 8.11. The Labute approximate surface area is 140 Å². The minimum Gasteiger partial charge on any atom is -0.480 e. The van der Waals surface area contributed by atoms with Crippen LogP contribution in [0, 0.1) is 5.92 Å². The summed E-state index contributed by atoms with van der Waals surface area (Å²) < 4.78 is 1.69. The molecule has 0 aliphatic heterocycles. The number of carbonyl (C=O) groups is 3. The van der Waals surface area contributed by atoms with Gasteiger partial charge in [0.1, 0.15) is 6.04 Å². The molecule has 24 heavy (non-hydrogen) atoms. The summed E-state index contributed by atoms with van der Waals surface area (Å²) in [4.78, 5) is 35.3. The van der Waals surface area contributed by atoms with E-state index in [4.69, 9.17) is 5.11 Å². The Hall–Kier alpha value is -2.38. The Bertz CT molecular complexity index is 634. The summed E-state index contributed by atoms with van der Waals surface area (Å²) in [5.74, 6) is -1.47. The van der Waals surface area contributed by atoms with Gasteiger partial charge in [0.05, 0.1) is 24.0 Å². The predicted molar refractivity (Wildman–Crippen MR) is 86.5 cm³/mol. The number of aromatic nitrogens is 2. The molecule has 0 spiro atoms. The Morgan fingerprint density at radius 1 is 1.38 bits per heavy atom. The van der Waals surface area contributed by atoms with Crippen LogP contribution >= 0.6 is 0 Å². The number of aliphatic carboxylic acids is 1. The lowest BCUT2D eigenvalue weighted by Crippen LogP contribution is -2.46. The maximum Gasteiger partial charge on any atom is 0.326 e. The molecule has 1 aliphatic carbocycles. The number of carboxylic acids is 1. The SMILES string of the molecule is CC(C)C[C@H](NC(=O)CNC(=O)c1cnn(C)c1C1CC1)C(=O)O. The van der Waals surface area contributed by atoms with Crippen LogP contribution < -0.4 is 10.6 Å². The van der Waals surface area contributed by atoms with Crippen molar-refractivity contribution in [1.82, 2.24) is 20.4 Å². The lowest BCUT2D eigenvalue weighted by Gasteiger charge is -2.16. The monoisotopic (exact) mass is 336 g/mol. The molecule has 0 bridgehead atoms. The first-order valence-electron chi connectivity index (χ1n) is 8.11. The van der Waals surface area contributed by atoms with E-state index in [1.165, 1.54) is 6.20 Å². The van der Waals surface area contributed by atoms with E-state index in [0.29, 0.717) is 17.9 Å². The lowest BCUT2D eigenvalue weighted by molar-refractivity contribution is -0.142. The topological polar surface area (TPSA) is 113 Å². The fourth-order valence-corrected chi connectivity index (χ4v) is 2.66. The molecule has 1 fully saturated rings. The molecule has 2 rings (SSSR count). The van der Waals surface area contributed by atoms with Gasteiger partial charge in [0, 0.05) is 13.0 Å². The first-order chi connectivity index (χ1) is 11.3. The highest BCUT2D eigenvalue weighted by atomic mass is 16.4. The highest BCUT2D eigenvalue weighted by Crippen LogP contribution is 2.41. The third kappa shape index (κ3) is 4.56. The van der Waals surface area contributed by atoms with Gasteiger partial charge in [0.2, 0.25) is 5.91 Å². The first kappa shape index (κ1) is 18.0. The van der Waals surface area contributed by atoms with Crippen LogP contribution in [0.15, 0.2) is 6.20 Å². The molecule has 3 N–H and O–H groups in total. The van der Waals surface area contributed by atoms with E-state index in [-0.39, 0.29) is 18.4 Å². The molecule has 132 valence electrons. The molecule has 0 radical (unpaired) electrons. The second-order valence-corrected chi connectivity index (χ2v) is 6.61. The summed E-state index contributed by atoms with van der Waals surface area (Å²) >= 11 is 0. The smallest absolute Gasteiger partial charge is 0.326 e. The van der Waals surface area contributed by atoms with Crippen molar-refractivity contribution in [2.24, 2.45) is 13.0 Å². The maximum atomic E-state index is 12.3. The molecule has 0 aromatic carbocycles. The Kier molecular flexibility index (Phi) is 5.58. The van der Waals surface area contributed by atoms with Crippen molar-refractivity contribution in [3.63, 3.8) is 0 Å². The van der Waals surface area contributed by atoms with Gasteiger partial charge in [-0.25, -0.2) is 4.79 Å². The van der Waals surface area contributed by atoms with Crippen LogP contribution in [-0.4, -0.2) is 45.3 Å². The molecule has 8 nitrogen and oxygen atoms in total. The molecule has 0 unspecified atom stereocenters. The normalized spacial score (nSPS) is 15.2. The quantitative estimate of drug-likeness (QED) is 0.645. The molecule has 0 saturated heterocycles. The van der Waals surface area contributed by atoms with Crippen molar-refractivity contribution in [2.75, 3.05) is 6.54 Å². The van der Waals surface area contributed by atoms with E-state index in [0.717, 1.165) is 18.5 Å². The molecule has 1 aliphatic rings. The van der Waals surface area contributed by atoms with E-state index in [1.54, 1.807) is 11.7 Å². The average molecular weight is 336 g/mol. The number of hydrogen-bond donors (Lipinski definition) is 3. The second-order valence-electron chi connectivity index (χ2n) is 6.61. The molecular formula is C16H24N4O4. The summed E-state index contributed by atoms with van der Waals surface area (Å²) in [5.41, 5.74) is 1.36. The number of nitrogens with zero attached hydrogens (tertiary/aromatic N) is 2. The Morgan fingerprint density at radius 2 is 2.04 bits per heavy atom. The van der Waals surface area contributed by atoms with Crippen LogP contribution in [0.4, 0.5) is 0 Å². The van der Waals surface area contributed by atoms with E-state index in [1.807, 2.05) is 13.8 Å². The van der Waals surface area contributed by atoms with Crippen molar-refractivity contribution < 1.29 is 19.5 Å². The van der Waals surface area contributed by atoms with Gasteiger partial charge in [-0.05, 0) is 25.2 Å². The number of amides is 2. The van der Waals surface area contributed by atoms with E-state index < -0.39 is 17.9 Å². The van der Waals surface area contributed by atoms with Crippen molar-refractivity contribution in [3.05, 3.63) is 17.5 Å². The van der Waals surface area contributed by atoms with Gasteiger partial charge in [-0.2, -0.15) is 5.10 Å².